The van der Waals surface area contributed by atoms with E-state index in [1.807, 2.05) is 55.4 Å². The fourth-order valence-corrected chi connectivity index (χ4v) is 4.59. The van der Waals surface area contributed by atoms with Crippen molar-refractivity contribution < 1.29 is 15.2 Å². The predicted octanol–water partition coefficient (Wildman–Crippen LogP) is -1.23. The lowest BCUT2D eigenvalue weighted by Crippen LogP contribution is -3.20. The molecule has 0 aliphatic carbocycles. The van der Waals surface area contributed by atoms with Crippen LogP contribution in [-0.2, 0) is 0 Å². The molecule has 2 saturated heterocycles. The highest BCUT2D eigenvalue weighted by atomic mass is 16.5. The molecule has 0 spiro atoms. The first-order valence-corrected chi connectivity index (χ1v) is 8.90. The molecule has 0 amide bonds. The lowest BCUT2D eigenvalue weighted by Gasteiger charge is -2.42. The van der Waals surface area contributed by atoms with Crippen LogP contribution in [0.15, 0.2) is 0 Å². The number of aliphatic hydroxyl groups is 1. The number of hydrogen-bond donors (Lipinski definition) is 3. The van der Waals surface area contributed by atoms with E-state index in [0.717, 1.165) is 0 Å². The van der Waals surface area contributed by atoms with E-state index in [2.05, 4.69) is 9.80 Å². The summed E-state index contributed by atoms with van der Waals surface area (Å²) in [6.07, 6.45) is -0.591. The molecule has 0 aromatic rings. The minimum atomic E-state index is -0.591. The Morgan fingerprint density at radius 3 is 1.29 bits per heavy atom. The number of nitrogens with one attached hydrogen (secondary N) is 2. The van der Waals surface area contributed by atoms with Gasteiger partial charge in [-0.15, -0.1) is 0 Å². The number of aliphatic hydroxyl groups excluding tert-OH is 1. The Morgan fingerprint density at radius 2 is 1.08 bits per heavy atom. The first kappa shape index (κ1) is 20.0. The van der Waals surface area contributed by atoms with Crippen molar-refractivity contribution in [2.75, 3.05) is 26.2 Å². The lowest BCUT2D eigenvalue weighted by atomic mass is 10.1. The summed E-state index contributed by atoms with van der Waals surface area (Å²) in [5, 5.41) is 36.2. The van der Waals surface area contributed by atoms with Gasteiger partial charge < -0.3 is 25.6 Å². The molecule has 2 unspecified atom stereocenters. The van der Waals surface area contributed by atoms with E-state index in [9.17, 15) is 15.5 Å². The van der Waals surface area contributed by atoms with Gasteiger partial charge in [0.1, 0.15) is 22.4 Å². The molecule has 2 atom stereocenters. The summed E-state index contributed by atoms with van der Waals surface area (Å²) in [4.78, 5) is 4.16. The van der Waals surface area contributed by atoms with Crippen LogP contribution in [0.25, 0.3) is 0 Å². The third kappa shape index (κ3) is 3.23. The van der Waals surface area contributed by atoms with Crippen LogP contribution in [0.4, 0.5) is 0 Å². The van der Waals surface area contributed by atoms with Gasteiger partial charge in [0.15, 0.2) is 0 Å². The van der Waals surface area contributed by atoms with E-state index in [1.165, 1.54) is 0 Å². The van der Waals surface area contributed by atoms with Crippen molar-refractivity contribution in [1.82, 2.24) is 9.80 Å². The van der Waals surface area contributed by atoms with E-state index < -0.39 is 17.4 Å². The monoisotopic (exact) mass is 344 g/mol. The van der Waals surface area contributed by atoms with Crippen LogP contribution in [0.5, 0.6) is 0 Å². The van der Waals surface area contributed by atoms with Gasteiger partial charge in [-0.25, -0.2) is 9.80 Å². The molecule has 142 valence electrons. The van der Waals surface area contributed by atoms with Gasteiger partial charge in [-0.3, -0.25) is 0 Å². The zero-order chi connectivity index (χ0) is 18.7. The van der Waals surface area contributed by atoms with Crippen molar-refractivity contribution in [3.63, 3.8) is 0 Å². The second-order valence-corrected chi connectivity index (χ2v) is 9.96. The van der Waals surface area contributed by atoms with Crippen LogP contribution in [-0.4, -0.2) is 69.6 Å². The quantitative estimate of drug-likeness (QED) is 0.557. The molecule has 0 radical (unpaired) electrons. The fourth-order valence-electron chi connectivity index (χ4n) is 4.59. The van der Waals surface area contributed by atoms with Gasteiger partial charge >= 0.3 is 0 Å². The third-order valence-corrected chi connectivity index (χ3v) is 5.96. The summed E-state index contributed by atoms with van der Waals surface area (Å²) in [5.74, 6) is 0. The van der Waals surface area contributed by atoms with Crippen molar-refractivity contribution in [2.45, 2.75) is 83.9 Å². The van der Waals surface area contributed by atoms with Gasteiger partial charge in [0.25, 0.3) is 0 Å². The number of hydroxylamine groups is 4. The largest absolute Gasteiger partial charge is 0.633 e. The summed E-state index contributed by atoms with van der Waals surface area (Å²) >= 11 is 0. The Morgan fingerprint density at radius 1 is 0.792 bits per heavy atom. The van der Waals surface area contributed by atoms with Crippen molar-refractivity contribution in [3.05, 3.63) is 10.4 Å². The van der Waals surface area contributed by atoms with E-state index >= 15 is 0 Å². The van der Waals surface area contributed by atoms with Gasteiger partial charge in [-0.1, -0.05) is 0 Å². The van der Waals surface area contributed by atoms with Gasteiger partial charge in [-0.2, -0.15) is 0 Å². The molecule has 2 fully saturated rings. The Kier molecular flexibility index (Phi) is 4.90. The molecule has 0 saturated carbocycles. The van der Waals surface area contributed by atoms with Gasteiger partial charge in [0.2, 0.25) is 0 Å². The van der Waals surface area contributed by atoms with Crippen molar-refractivity contribution in [3.8, 4) is 0 Å². The molecule has 2 rings (SSSR count). The Hall–Kier alpha value is -0.280. The standard InChI is InChI=1S/C17H36N4O3/c1-14(2)11-18(16(5,6)20(14)23)9-13(22)10-19-12-15(3,4)21(24)17(19,7)8/h13,20-22H,9-12H2,1-8H3. The molecule has 2 aliphatic heterocycles. The lowest BCUT2D eigenvalue weighted by molar-refractivity contribution is -0.938. The second-order valence-electron chi connectivity index (χ2n) is 9.96. The van der Waals surface area contributed by atoms with Crippen molar-refractivity contribution >= 4 is 0 Å². The molecule has 24 heavy (non-hydrogen) atoms. The molecule has 0 bridgehead atoms. The molecule has 7 heteroatoms. The van der Waals surface area contributed by atoms with E-state index in [-0.39, 0.29) is 21.2 Å². The van der Waals surface area contributed by atoms with Crippen LogP contribution in [0, 0.1) is 10.4 Å². The normalized spacial score (nSPS) is 36.1. The average molecular weight is 345 g/mol. The molecule has 2 heterocycles. The zero-order valence-corrected chi connectivity index (χ0v) is 16.6. The van der Waals surface area contributed by atoms with E-state index in [0.29, 0.717) is 26.2 Å². The summed E-state index contributed by atoms with van der Waals surface area (Å²) in [6.45, 7) is 17.8. The highest BCUT2D eigenvalue weighted by Gasteiger charge is 2.52. The molecular formula is C17H36N4O3. The maximum absolute atomic E-state index is 12.5. The molecule has 2 aliphatic rings. The highest BCUT2D eigenvalue weighted by Crippen LogP contribution is 2.23. The van der Waals surface area contributed by atoms with Crippen LogP contribution in [0.1, 0.15) is 55.4 Å². The molecule has 3 N–H and O–H groups in total. The van der Waals surface area contributed by atoms with Crippen LogP contribution in [0.3, 0.4) is 0 Å². The van der Waals surface area contributed by atoms with Crippen LogP contribution in [0.2, 0.25) is 0 Å². The van der Waals surface area contributed by atoms with Crippen molar-refractivity contribution in [1.29, 1.82) is 0 Å². The number of rotatable bonds is 4. The molecule has 0 aromatic heterocycles. The summed E-state index contributed by atoms with van der Waals surface area (Å²) in [7, 11) is 0. The number of hydrogen-bond acceptors (Lipinski definition) is 5. The summed E-state index contributed by atoms with van der Waals surface area (Å²) in [5.41, 5.74) is -1.87. The second kappa shape index (κ2) is 5.87. The Labute approximate surface area is 146 Å². The zero-order valence-electron chi connectivity index (χ0n) is 16.6. The SMILES string of the molecule is CC1(C)CN(CC(O)CN2CC(C)(C)[NH+]([O-])C2(C)C)C(C)(C)[NH+]1[O-]. The molecular weight excluding hydrogens is 308 g/mol. The Balaban J connectivity index is 2.03. The summed E-state index contributed by atoms with van der Waals surface area (Å²) < 4.78 is 0. The van der Waals surface area contributed by atoms with Gasteiger partial charge in [-0.05, 0) is 27.7 Å². The fraction of sp³-hybridized carbons (Fsp3) is 1.00. The molecule has 7 nitrogen and oxygen atoms in total. The Bertz CT molecular complexity index is 436. The summed E-state index contributed by atoms with van der Waals surface area (Å²) in [6, 6.07) is 0. The highest BCUT2D eigenvalue weighted by molar-refractivity contribution is 4.92. The smallest absolute Gasteiger partial charge is 0.148 e. The number of quaternary nitrogens is 2. The van der Waals surface area contributed by atoms with Gasteiger partial charge in [0, 0.05) is 40.8 Å². The first-order chi connectivity index (χ1) is 10.6. The maximum Gasteiger partial charge on any atom is 0.148 e. The average Bonchev–Trinajstić information content (AvgIpc) is 2.66. The number of nitrogens with zero attached hydrogens (tertiary/aromatic N) is 2. The maximum atomic E-state index is 12.5. The first-order valence-electron chi connectivity index (χ1n) is 8.90. The van der Waals surface area contributed by atoms with Gasteiger partial charge in [0.05, 0.1) is 19.2 Å². The van der Waals surface area contributed by atoms with Crippen LogP contribution < -0.4 is 10.1 Å². The minimum Gasteiger partial charge on any atom is -0.633 e. The molecule has 0 aromatic carbocycles. The van der Waals surface area contributed by atoms with Crippen LogP contribution >= 0.6 is 0 Å². The predicted molar refractivity (Wildman–Crippen MR) is 94.1 cm³/mol. The minimum absolute atomic E-state index is 0.222. The topological polar surface area (TPSA) is 81.7 Å². The third-order valence-electron chi connectivity index (χ3n) is 5.96. The van der Waals surface area contributed by atoms with Crippen molar-refractivity contribution in [2.24, 2.45) is 0 Å². The van der Waals surface area contributed by atoms with E-state index in [4.69, 9.17) is 0 Å². The number of β-amino-alcohol motifs (C(OH)–C–C–N with tert-alkyl or cyclic N) is 1. The van der Waals surface area contributed by atoms with E-state index in [1.54, 1.807) is 0 Å².